The lowest BCUT2D eigenvalue weighted by Crippen LogP contribution is -2.45. The molecule has 0 aliphatic heterocycles. The Morgan fingerprint density at radius 1 is 1.33 bits per heavy atom. The molecule has 0 heterocycles. The molecule has 1 N–H and O–H groups in total. The predicted octanol–water partition coefficient (Wildman–Crippen LogP) is 4.47. The van der Waals surface area contributed by atoms with Crippen molar-refractivity contribution in [2.75, 3.05) is 5.32 Å². The van der Waals surface area contributed by atoms with Crippen LogP contribution >= 0.6 is 11.6 Å². The van der Waals surface area contributed by atoms with Crippen LogP contribution < -0.4 is 5.32 Å². The van der Waals surface area contributed by atoms with Crippen molar-refractivity contribution in [2.45, 2.75) is 38.0 Å². The number of rotatable bonds is 3. The van der Waals surface area contributed by atoms with E-state index in [1.165, 1.54) is 0 Å². The average Bonchev–Trinajstić information content (AvgIpc) is 2.55. The third-order valence-electron chi connectivity index (χ3n) is 5.73. The van der Waals surface area contributed by atoms with E-state index in [0.29, 0.717) is 17.7 Å². The molecule has 0 saturated heterocycles. The molecule has 0 spiro atoms. The zero-order valence-electron chi connectivity index (χ0n) is 14.2. The SMILES string of the molecule is C=C[C@]1(C)C=C2C(=O)c3c(NC=O)cccc3C(C)(C)[C@H]2C[C@H]1Cl. The molecule has 1 aromatic rings. The highest BCUT2D eigenvalue weighted by Gasteiger charge is 2.49. The van der Waals surface area contributed by atoms with E-state index in [2.05, 4.69) is 25.7 Å². The third kappa shape index (κ3) is 2.26. The number of alkyl halides is 1. The molecule has 0 unspecified atom stereocenters. The minimum absolute atomic E-state index is 0.0177. The Morgan fingerprint density at radius 3 is 2.67 bits per heavy atom. The second-order valence-corrected chi connectivity index (χ2v) is 7.99. The lowest BCUT2D eigenvalue weighted by atomic mass is 9.57. The van der Waals surface area contributed by atoms with E-state index in [1.54, 1.807) is 6.07 Å². The van der Waals surface area contributed by atoms with Gasteiger partial charge in [-0.15, -0.1) is 18.2 Å². The van der Waals surface area contributed by atoms with Crippen molar-refractivity contribution in [2.24, 2.45) is 11.3 Å². The highest BCUT2D eigenvalue weighted by Crippen LogP contribution is 2.53. The summed E-state index contributed by atoms with van der Waals surface area (Å²) in [5.41, 5.74) is 2.25. The standard InChI is InChI=1S/C20H22ClNO2/c1-5-20(4)10-12-14(9-16(20)21)19(2,3)13-7-6-8-15(22-11-23)17(13)18(12)24/h5-8,10-11,14,16H,1,9H2,2-4H3,(H,22,23)/t14-,16+,20+/m0/s1. The summed E-state index contributed by atoms with van der Waals surface area (Å²) < 4.78 is 0. The molecule has 0 aromatic heterocycles. The lowest BCUT2D eigenvalue weighted by Gasteiger charge is -2.48. The van der Waals surface area contributed by atoms with E-state index < -0.39 is 5.41 Å². The van der Waals surface area contributed by atoms with Crippen LogP contribution in [0.1, 0.15) is 43.1 Å². The van der Waals surface area contributed by atoms with Gasteiger partial charge in [0.05, 0.1) is 5.69 Å². The number of hydrogen-bond donors (Lipinski definition) is 1. The van der Waals surface area contributed by atoms with Crippen LogP contribution in [0.2, 0.25) is 0 Å². The smallest absolute Gasteiger partial charge is 0.211 e. The Morgan fingerprint density at radius 2 is 2.04 bits per heavy atom. The van der Waals surface area contributed by atoms with Crippen LogP contribution in [0.25, 0.3) is 0 Å². The maximum atomic E-state index is 13.2. The molecule has 0 radical (unpaired) electrons. The number of benzene rings is 1. The molecule has 2 aliphatic carbocycles. The van der Waals surface area contributed by atoms with Gasteiger partial charge >= 0.3 is 0 Å². The van der Waals surface area contributed by atoms with Gasteiger partial charge < -0.3 is 5.32 Å². The first kappa shape index (κ1) is 17.0. The van der Waals surface area contributed by atoms with Gasteiger partial charge in [-0.3, -0.25) is 9.59 Å². The van der Waals surface area contributed by atoms with Gasteiger partial charge in [0.15, 0.2) is 5.78 Å². The fourth-order valence-electron chi connectivity index (χ4n) is 4.06. The minimum Gasteiger partial charge on any atom is -0.328 e. The Balaban J connectivity index is 2.27. The van der Waals surface area contributed by atoms with Crippen LogP contribution in [0.15, 0.2) is 42.5 Å². The topological polar surface area (TPSA) is 46.2 Å². The first-order chi connectivity index (χ1) is 11.3. The normalized spacial score (nSPS) is 30.7. The molecule has 2 aliphatic rings. The highest BCUT2D eigenvalue weighted by atomic mass is 35.5. The summed E-state index contributed by atoms with van der Waals surface area (Å²) in [4.78, 5) is 24.2. The number of halogens is 1. The molecule has 3 nitrogen and oxygen atoms in total. The Labute approximate surface area is 147 Å². The van der Waals surface area contributed by atoms with Crippen LogP contribution in [0.4, 0.5) is 5.69 Å². The van der Waals surface area contributed by atoms with Crippen molar-refractivity contribution in [1.29, 1.82) is 0 Å². The molecule has 1 aromatic carbocycles. The molecule has 4 heteroatoms. The summed E-state index contributed by atoms with van der Waals surface area (Å²) in [6.45, 7) is 10.2. The molecule has 1 amide bonds. The van der Waals surface area contributed by atoms with E-state index in [4.69, 9.17) is 11.6 Å². The lowest BCUT2D eigenvalue weighted by molar-refractivity contribution is -0.105. The number of ketones is 1. The van der Waals surface area contributed by atoms with Gasteiger partial charge in [0.1, 0.15) is 0 Å². The van der Waals surface area contributed by atoms with Crippen LogP contribution in [0, 0.1) is 11.3 Å². The Kier molecular flexibility index (Phi) is 3.95. The number of carbonyl (C=O) groups excluding carboxylic acids is 2. The van der Waals surface area contributed by atoms with Gasteiger partial charge in [-0.1, -0.05) is 45.1 Å². The van der Waals surface area contributed by atoms with Crippen molar-refractivity contribution in [3.63, 3.8) is 0 Å². The van der Waals surface area contributed by atoms with Crippen molar-refractivity contribution in [1.82, 2.24) is 0 Å². The van der Waals surface area contributed by atoms with E-state index in [9.17, 15) is 9.59 Å². The molecular weight excluding hydrogens is 322 g/mol. The summed E-state index contributed by atoms with van der Waals surface area (Å²) in [5.74, 6) is 0.0374. The molecular formula is C20H22ClNO2. The van der Waals surface area contributed by atoms with Gasteiger partial charge in [0.2, 0.25) is 6.41 Å². The van der Waals surface area contributed by atoms with Gasteiger partial charge in [0.25, 0.3) is 0 Å². The number of allylic oxidation sites excluding steroid dienone is 3. The fraction of sp³-hybridized carbons (Fsp3) is 0.400. The minimum atomic E-state index is -0.413. The zero-order chi connectivity index (χ0) is 17.7. The summed E-state index contributed by atoms with van der Waals surface area (Å²) in [5, 5.41) is 2.56. The zero-order valence-corrected chi connectivity index (χ0v) is 15.0. The number of fused-ring (bicyclic) bond motifs is 2. The van der Waals surface area contributed by atoms with Crippen molar-refractivity contribution >= 4 is 29.5 Å². The van der Waals surface area contributed by atoms with E-state index in [-0.39, 0.29) is 22.5 Å². The number of Topliss-reactive ketones (excluding diaryl/α,β-unsaturated/α-hetero) is 1. The van der Waals surface area contributed by atoms with E-state index in [1.807, 2.05) is 31.2 Å². The monoisotopic (exact) mass is 343 g/mol. The third-order valence-corrected chi connectivity index (χ3v) is 6.38. The predicted molar refractivity (Wildman–Crippen MR) is 97.6 cm³/mol. The molecule has 126 valence electrons. The highest BCUT2D eigenvalue weighted by molar-refractivity contribution is 6.22. The van der Waals surface area contributed by atoms with Crippen molar-refractivity contribution in [3.8, 4) is 0 Å². The maximum Gasteiger partial charge on any atom is 0.211 e. The molecule has 3 rings (SSSR count). The van der Waals surface area contributed by atoms with Crippen molar-refractivity contribution in [3.05, 3.63) is 53.6 Å². The average molecular weight is 344 g/mol. The molecule has 3 atom stereocenters. The summed E-state index contributed by atoms with van der Waals surface area (Å²) in [6, 6.07) is 5.62. The fourth-order valence-corrected chi connectivity index (χ4v) is 4.39. The molecule has 0 saturated carbocycles. The first-order valence-electron chi connectivity index (χ1n) is 8.15. The summed E-state index contributed by atoms with van der Waals surface area (Å²) in [6.07, 6.45) is 5.13. The Hall–Kier alpha value is -1.87. The molecule has 24 heavy (non-hydrogen) atoms. The van der Waals surface area contributed by atoms with Crippen LogP contribution in [-0.2, 0) is 10.2 Å². The number of carbonyl (C=O) groups is 2. The van der Waals surface area contributed by atoms with E-state index in [0.717, 1.165) is 17.6 Å². The second kappa shape index (κ2) is 5.59. The molecule has 0 bridgehead atoms. The van der Waals surface area contributed by atoms with Gasteiger partial charge in [-0.05, 0) is 29.4 Å². The largest absolute Gasteiger partial charge is 0.328 e. The van der Waals surface area contributed by atoms with Crippen LogP contribution in [-0.4, -0.2) is 17.6 Å². The molecule has 0 fully saturated rings. The van der Waals surface area contributed by atoms with E-state index >= 15 is 0 Å². The van der Waals surface area contributed by atoms with Gasteiger partial charge in [-0.25, -0.2) is 0 Å². The van der Waals surface area contributed by atoms with Gasteiger partial charge in [0, 0.05) is 21.9 Å². The number of anilines is 1. The van der Waals surface area contributed by atoms with Crippen LogP contribution in [0.3, 0.4) is 0 Å². The Bertz CT molecular complexity index is 765. The number of amides is 1. The number of nitrogens with one attached hydrogen (secondary N) is 1. The van der Waals surface area contributed by atoms with Crippen molar-refractivity contribution < 1.29 is 9.59 Å². The first-order valence-corrected chi connectivity index (χ1v) is 8.58. The second-order valence-electron chi connectivity index (χ2n) is 7.47. The number of hydrogen-bond acceptors (Lipinski definition) is 2. The van der Waals surface area contributed by atoms with Crippen LogP contribution in [0.5, 0.6) is 0 Å². The summed E-state index contributed by atoms with van der Waals surface area (Å²) >= 11 is 6.64. The van der Waals surface area contributed by atoms with Gasteiger partial charge in [-0.2, -0.15) is 0 Å². The quantitative estimate of drug-likeness (QED) is 0.500. The maximum absolute atomic E-state index is 13.2. The summed E-state index contributed by atoms with van der Waals surface area (Å²) in [7, 11) is 0.